The monoisotopic (exact) mass is 559 g/mol. The summed E-state index contributed by atoms with van der Waals surface area (Å²) in [6, 6.07) is 5.32. The van der Waals surface area contributed by atoms with Gasteiger partial charge in [0.05, 0.1) is 11.9 Å². The van der Waals surface area contributed by atoms with Crippen LogP contribution in [0.2, 0.25) is 0 Å². The van der Waals surface area contributed by atoms with E-state index >= 15 is 4.39 Å². The maximum Gasteiger partial charge on any atom is 0.283 e. The fraction of sp³-hybridized carbons (Fsp3) is 0.407. The number of nitrogens with one attached hydrogen (secondary N) is 1. The van der Waals surface area contributed by atoms with Crippen LogP contribution in [0.5, 0.6) is 5.75 Å². The fourth-order valence-corrected chi connectivity index (χ4v) is 4.74. The highest BCUT2D eigenvalue weighted by Crippen LogP contribution is 2.42. The van der Waals surface area contributed by atoms with Gasteiger partial charge in [-0.3, -0.25) is 9.69 Å². The molecule has 4 heterocycles. The maximum atomic E-state index is 15.1. The van der Waals surface area contributed by atoms with Gasteiger partial charge in [-0.2, -0.15) is 0 Å². The number of aromatic nitrogens is 3. The van der Waals surface area contributed by atoms with Gasteiger partial charge < -0.3 is 19.9 Å². The van der Waals surface area contributed by atoms with Crippen molar-refractivity contribution in [2.45, 2.75) is 39.0 Å². The molecule has 1 atom stereocenters. The molecule has 0 spiro atoms. The van der Waals surface area contributed by atoms with Crippen LogP contribution in [0.25, 0.3) is 11.3 Å². The van der Waals surface area contributed by atoms with E-state index < -0.39 is 41.9 Å². The van der Waals surface area contributed by atoms with Crippen LogP contribution in [0.4, 0.5) is 35.0 Å². The number of pyridine rings is 1. The third-order valence-corrected chi connectivity index (χ3v) is 6.84. The Hall–Kier alpha value is -3.84. The summed E-state index contributed by atoms with van der Waals surface area (Å²) in [6.45, 7) is 7.95. The van der Waals surface area contributed by atoms with Gasteiger partial charge in [-0.1, -0.05) is 6.07 Å². The van der Waals surface area contributed by atoms with Gasteiger partial charge >= 0.3 is 0 Å². The molecule has 0 bridgehead atoms. The van der Waals surface area contributed by atoms with E-state index in [9.17, 15) is 18.0 Å². The molecule has 0 radical (unpaired) electrons. The molecule has 1 unspecified atom stereocenters. The number of nitrogens with zero attached hydrogens (tertiary/aromatic N) is 6. The average Bonchev–Trinajstić information content (AvgIpc) is 2.91. The number of rotatable bonds is 7. The summed E-state index contributed by atoms with van der Waals surface area (Å²) in [7, 11) is 2.10. The zero-order valence-electron chi connectivity index (χ0n) is 22.2. The highest BCUT2D eigenvalue weighted by Gasteiger charge is 2.43. The van der Waals surface area contributed by atoms with Gasteiger partial charge in [0.2, 0.25) is 12.1 Å². The van der Waals surface area contributed by atoms with E-state index in [1.807, 2.05) is 6.07 Å². The van der Waals surface area contributed by atoms with Gasteiger partial charge in [-0.25, -0.2) is 32.5 Å². The first kappa shape index (κ1) is 27.7. The molecular weight excluding hydrogens is 530 g/mol. The van der Waals surface area contributed by atoms with Gasteiger partial charge in [0.1, 0.15) is 11.5 Å². The minimum atomic E-state index is -3.15. The highest BCUT2D eigenvalue weighted by molar-refractivity contribution is 6.01. The lowest BCUT2D eigenvalue weighted by atomic mass is 10.0. The number of alkyl halides is 2. The number of carbonyl (C=O) groups is 1. The second kappa shape index (κ2) is 11.3. The van der Waals surface area contributed by atoms with Crippen molar-refractivity contribution in [3.8, 4) is 17.0 Å². The Morgan fingerprint density at radius 1 is 1.05 bits per heavy atom. The number of benzene rings is 1. The Balaban J connectivity index is 1.38. The van der Waals surface area contributed by atoms with Crippen molar-refractivity contribution in [1.82, 2.24) is 24.8 Å². The lowest BCUT2D eigenvalue weighted by Crippen LogP contribution is -2.52. The molecule has 212 valence electrons. The van der Waals surface area contributed by atoms with E-state index in [1.165, 1.54) is 6.07 Å². The van der Waals surface area contributed by atoms with Crippen LogP contribution < -0.4 is 15.0 Å². The summed E-state index contributed by atoms with van der Waals surface area (Å²) in [5.41, 5.74) is 0.684. The molecule has 3 aromatic rings. The number of carbonyl (C=O) groups excluding carboxylic acids is 1. The summed E-state index contributed by atoms with van der Waals surface area (Å²) in [4.78, 5) is 30.9. The Labute approximate surface area is 228 Å². The number of anilines is 3. The zero-order chi connectivity index (χ0) is 28.6. The van der Waals surface area contributed by atoms with Crippen molar-refractivity contribution in [2.75, 3.05) is 43.4 Å². The van der Waals surface area contributed by atoms with Gasteiger partial charge in [0.25, 0.3) is 12.3 Å². The van der Waals surface area contributed by atoms with Crippen molar-refractivity contribution in [2.24, 2.45) is 0 Å². The van der Waals surface area contributed by atoms with E-state index in [2.05, 4.69) is 37.1 Å². The SMILES string of the molecule is CC(C)N1C(=O)C(C(F)F)Oc2c(F)cc(-c3nc(Nc4ccc(CN5CCN(C)CC5)cn4)ncc3F)cc21. The average molecular weight is 560 g/mol. The van der Waals surface area contributed by atoms with Gasteiger partial charge in [0, 0.05) is 50.5 Å². The van der Waals surface area contributed by atoms with Crippen LogP contribution in [-0.4, -0.2) is 82.5 Å². The predicted molar refractivity (Wildman–Crippen MR) is 141 cm³/mol. The van der Waals surface area contributed by atoms with Gasteiger partial charge in [-0.05, 0) is 44.7 Å². The highest BCUT2D eigenvalue weighted by atomic mass is 19.3. The predicted octanol–water partition coefficient (Wildman–Crippen LogP) is 4.08. The van der Waals surface area contributed by atoms with E-state index in [1.54, 1.807) is 26.1 Å². The van der Waals surface area contributed by atoms with E-state index in [-0.39, 0.29) is 22.9 Å². The first-order valence-electron chi connectivity index (χ1n) is 12.9. The maximum absolute atomic E-state index is 15.1. The standard InChI is InChI=1S/C27H29F4N7O2/c1-15(2)38-20-11-17(10-18(28)23(20)40-24(25(30)31)26(38)39)22-19(29)13-33-27(35-22)34-21-5-4-16(12-32-21)14-37-8-6-36(3)7-9-37/h4-5,10-13,15,24-25H,6-9,14H2,1-3H3,(H,32,33,34,35). The van der Waals surface area contributed by atoms with Crippen LogP contribution >= 0.6 is 0 Å². The summed E-state index contributed by atoms with van der Waals surface area (Å²) in [5, 5.41) is 2.92. The Bertz CT molecular complexity index is 1380. The molecule has 1 N–H and O–H groups in total. The molecule has 9 nitrogen and oxygen atoms in total. The molecule has 2 aliphatic rings. The number of fused-ring (bicyclic) bond motifs is 1. The molecule has 1 fully saturated rings. The second-order valence-electron chi connectivity index (χ2n) is 10.1. The molecule has 5 rings (SSSR count). The number of hydrogen-bond acceptors (Lipinski definition) is 8. The first-order valence-corrected chi connectivity index (χ1v) is 12.9. The number of amides is 1. The van der Waals surface area contributed by atoms with Crippen molar-refractivity contribution in [3.63, 3.8) is 0 Å². The molecule has 1 saturated heterocycles. The molecule has 1 amide bonds. The molecule has 0 aliphatic carbocycles. The number of hydrogen-bond donors (Lipinski definition) is 1. The van der Waals surface area contributed by atoms with E-state index in [0.717, 1.165) is 55.5 Å². The van der Waals surface area contributed by atoms with E-state index in [4.69, 9.17) is 4.74 Å². The summed E-state index contributed by atoms with van der Waals surface area (Å²) >= 11 is 0. The molecule has 40 heavy (non-hydrogen) atoms. The topological polar surface area (TPSA) is 86.7 Å². The molecule has 1 aromatic carbocycles. The third-order valence-electron chi connectivity index (χ3n) is 6.84. The minimum Gasteiger partial charge on any atom is -0.469 e. The summed E-state index contributed by atoms with van der Waals surface area (Å²) in [5.74, 6) is -2.94. The van der Waals surface area contributed by atoms with Crippen LogP contribution in [0.15, 0.2) is 36.7 Å². The van der Waals surface area contributed by atoms with Crippen molar-refractivity contribution < 1.29 is 27.1 Å². The number of halogens is 4. The number of likely N-dealkylation sites (N-methyl/N-ethyl adjacent to an activating group) is 1. The van der Waals surface area contributed by atoms with Gasteiger partial charge in [0.15, 0.2) is 17.4 Å². The minimum absolute atomic E-state index is 0.0136. The van der Waals surface area contributed by atoms with Crippen LogP contribution in [0.3, 0.4) is 0 Å². The van der Waals surface area contributed by atoms with Gasteiger partial charge in [-0.15, -0.1) is 0 Å². The van der Waals surface area contributed by atoms with Crippen molar-refractivity contribution >= 4 is 23.4 Å². The van der Waals surface area contributed by atoms with Crippen molar-refractivity contribution in [3.05, 3.63) is 53.9 Å². The fourth-order valence-electron chi connectivity index (χ4n) is 4.74. The van der Waals surface area contributed by atoms with Crippen LogP contribution in [0.1, 0.15) is 19.4 Å². The summed E-state index contributed by atoms with van der Waals surface area (Å²) < 4.78 is 61.8. The molecule has 2 aromatic heterocycles. The van der Waals surface area contributed by atoms with E-state index in [0.29, 0.717) is 5.82 Å². The largest absolute Gasteiger partial charge is 0.469 e. The first-order chi connectivity index (χ1) is 19.1. The smallest absolute Gasteiger partial charge is 0.283 e. The lowest BCUT2D eigenvalue weighted by Gasteiger charge is -2.36. The number of ether oxygens (including phenoxy) is 1. The number of piperazine rings is 1. The molecular formula is C27H29F4N7O2. The quantitative estimate of drug-likeness (QED) is 0.434. The second-order valence-corrected chi connectivity index (χ2v) is 10.1. The van der Waals surface area contributed by atoms with Crippen LogP contribution in [-0.2, 0) is 11.3 Å². The summed E-state index contributed by atoms with van der Waals surface area (Å²) in [6.07, 6.45) is -2.61. The molecule has 13 heteroatoms. The Morgan fingerprint density at radius 2 is 1.80 bits per heavy atom. The van der Waals surface area contributed by atoms with Crippen LogP contribution in [0, 0.1) is 11.6 Å². The lowest BCUT2D eigenvalue weighted by molar-refractivity contribution is -0.134. The molecule has 0 saturated carbocycles. The third kappa shape index (κ3) is 5.70. The zero-order valence-corrected chi connectivity index (χ0v) is 22.2. The Morgan fingerprint density at radius 3 is 2.45 bits per heavy atom. The molecule has 2 aliphatic heterocycles. The Kier molecular flexibility index (Phi) is 7.86. The normalized spacial score (nSPS) is 18.3. The van der Waals surface area contributed by atoms with Crippen molar-refractivity contribution in [1.29, 1.82) is 0 Å².